The van der Waals surface area contributed by atoms with Gasteiger partial charge in [0.15, 0.2) is 0 Å². The van der Waals surface area contributed by atoms with Crippen LogP contribution in [0.2, 0.25) is 0 Å². The van der Waals surface area contributed by atoms with Crippen molar-refractivity contribution < 1.29 is 9.84 Å². The van der Waals surface area contributed by atoms with E-state index in [1.54, 1.807) is 7.11 Å². The van der Waals surface area contributed by atoms with Gasteiger partial charge in [-0.15, -0.1) is 0 Å². The van der Waals surface area contributed by atoms with E-state index in [4.69, 9.17) is 9.84 Å². The smallest absolute Gasteiger partial charge is 0.134 e. The van der Waals surface area contributed by atoms with Crippen molar-refractivity contribution in [3.05, 3.63) is 11.9 Å². The summed E-state index contributed by atoms with van der Waals surface area (Å²) in [4.78, 5) is 10.5. The molecule has 17 heavy (non-hydrogen) atoms. The maximum atomic E-state index is 8.89. The maximum Gasteiger partial charge on any atom is 0.134 e. The highest BCUT2D eigenvalue weighted by Crippen LogP contribution is 2.14. The van der Waals surface area contributed by atoms with Gasteiger partial charge < -0.3 is 20.1 Å². The highest BCUT2D eigenvalue weighted by atomic mass is 16.5. The zero-order chi connectivity index (χ0) is 12.7. The number of hydrogen-bond acceptors (Lipinski definition) is 6. The normalized spacial score (nSPS) is 10.4. The van der Waals surface area contributed by atoms with Gasteiger partial charge >= 0.3 is 0 Å². The van der Waals surface area contributed by atoms with Crippen LogP contribution in [0.25, 0.3) is 0 Å². The standard InChI is InChI=1S/C11H20N4O2/c1-9-13-10(12-4-7-17-3)8-11(14-9)15(2)5-6-16/h8,16H,4-7H2,1-3H3,(H,12,13,14). The Morgan fingerprint density at radius 1 is 1.47 bits per heavy atom. The van der Waals surface area contributed by atoms with Crippen molar-refractivity contribution in [1.29, 1.82) is 0 Å². The number of methoxy groups -OCH3 is 1. The zero-order valence-electron chi connectivity index (χ0n) is 10.6. The second-order valence-corrected chi connectivity index (χ2v) is 3.72. The fourth-order valence-corrected chi connectivity index (χ4v) is 1.38. The molecule has 0 aliphatic rings. The lowest BCUT2D eigenvalue weighted by Gasteiger charge is -2.18. The van der Waals surface area contributed by atoms with Gasteiger partial charge in [0.05, 0.1) is 13.2 Å². The van der Waals surface area contributed by atoms with Crippen LogP contribution in [0.3, 0.4) is 0 Å². The largest absolute Gasteiger partial charge is 0.395 e. The van der Waals surface area contributed by atoms with Crippen LogP contribution >= 0.6 is 0 Å². The van der Waals surface area contributed by atoms with Crippen molar-refractivity contribution in [2.75, 3.05) is 50.7 Å². The number of aliphatic hydroxyl groups excluding tert-OH is 1. The lowest BCUT2D eigenvalue weighted by Crippen LogP contribution is -2.23. The molecule has 0 saturated carbocycles. The Kier molecular flexibility index (Phi) is 5.65. The highest BCUT2D eigenvalue weighted by molar-refractivity contribution is 5.48. The minimum atomic E-state index is 0.103. The fourth-order valence-electron chi connectivity index (χ4n) is 1.38. The van der Waals surface area contributed by atoms with E-state index in [9.17, 15) is 0 Å². The van der Waals surface area contributed by atoms with E-state index in [1.165, 1.54) is 0 Å². The first-order valence-electron chi connectivity index (χ1n) is 5.58. The molecule has 0 radical (unpaired) electrons. The molecule has 0 atom stereocenters. The van der Waals surface area contributed by atoms with Crippen molar-refractivity contribution in [3.63, 3.8) is 0 Å². The van der Waals surface area contributed by atoms with E-state index in [2.05, 4.69) is 15.3 Å². The van der Waals surface area contributed by atoms with Gasteiger partial charge in [0.25, 0.3) is 0 Å². The van der Waals surface area contributed by atoms with Crippen LogP contribution in [0.1, 0.15) is 5.82 Å². The second-order valence-electron chi connectivity index (χ2n) is 3.72. The summed E-state index contributed by atoms with van der Waals surface area (Å²) in [5, 5.41) is 12.1. The molecule has 1 rings (SSSR count). The predicted octanol–water partition coefficient (Wildman–Crippen LogP) is 0.272. The molecule has 2 N–H and O–H groups in total. The summed E-state index contributed by atoms with van der Waals surface area (Å²) < 4.78 is 4.96. The summed E-state index contributed by atoms with van der Waals surface area (Å²) in [6, 6.07) is 1.86. The van der Waals surface area contributed by atoms with Crippen molar-refractivity contribution in [3.8, 4) is 0 Å². The van der Waals surface area contributed by atoms with Gasteiger partial charge in [0.2, 0.25) is 0 Å². The van der Waals surface area contributed by atoms with Crippen LogP contribution in [0, 0.1) is 6.92 Å². The average molecular weight is 240 g/mol. The summed E-state index contributed by atoms with van der Waals surface area (Å²) in [5.41, 5.74) is 0. The predicted molar refractivity (Wildman–Crippen MR) is 67.5 cm³/mol. The van der Waals surface area contributed by atoms with Crippen molar-refractivity contribution in [1.82, 2.24) is 9.97 Å². The minimum absolute atomic E-state index is 0.103. The highest BCUT2D eigenvalue weighted by Gasteiger charge is 2.05. The molecule has 0 spiro atoms. The van der Waals surface area contributed by atoms with Gasteiger partial charge in [0.1, 0.15) is 17.5 Å². The van der Waals surface area contributed by atoms with Gasteiger partial charge in [-0.05, 0) is 6.92 Å². The van der Waals surface area contributed by atoms with Gasteiger partial charge in [-0.2, -0.15) is 0 Å². The molecule has 6 nitrogen and oxygen atoms in total. The summed E-state index contributed by atoms with van der Waals surface area (Å²) in [5.74, 6) is 2.27. The lowest BCUT2D eigenvalue weighted by molar-refractivity contribution is 0.210. The molecule has 0 amide bonds. The molecule has 1 aromatic rings. The molecular formula is C11H20N4O2. The summed E-state index contributed by atoms with van der Waals surface area (Å²) in [6.07, 6.45) is 0. The number of ether oxygens (including phenoxy) is 1. The first-order valence-corrected chi connectivity index (χ1v) is 5.58. The third-order valence-electron chi connectivity index (χ3n) is 2.26. The number of aromatic nitrogens is 2. The monoisotopic (exact) mass is 240 g/mol. The van der Waals surface area contributed by atoms with Crippen LogP contribution in [0.5, 0.6) is 0 Å². The molecule has 96 valence electrons. The lowest BCUT2D eigenvalue weighted by atomic mass is 10.4. The number of rotatable bonds is 7. The SMILES string of the molecule is COCCNc1cc(N(C)CCO)nc(C)n1. The number of aryl methyl sites for hydroxylation is 1. The molecule has 1 aromatic heterocycles. The van der Waals surface area contributed by atoms with Crippen molar-refractivity contribution >= 4 is 11.6 Å². The molecular weight excluding hydrogens is 220 g/mol. The van der Waals surface area contributed by atoms with Crippen LogP contribution in [-0.4, -0.2) is 55.5 Å². The van der Waals surface area contributed by atoms with Crippen LogP contribution in [0.15, 0.2) is 6.07 Å². The Hall–Kier alpha value is -1.40. The Bertz CT molecular complexity index is 346. The molecule has 6 heteroatoms. The third-order valence-corrected chi connectivity index (χ3v) is 2.26. The van der Waals surface area contributed by atoms with Crippen LogP contribution in [-0.2, 0) is 4.74 Å². The average Bonchev–Trinajstić information content (AvgIpc) is 2.29. The topological polar surface area (TPSA) is 70.5 Å². The van der Waals surface area contributed by atoms with Crippen molar-refractivity contribution in [2.24, 2.45) is 0 Å². The maximum absolute atomic E-state index is 8.89. The van der Waals surface area contributed by atoms with Gasteiger partial charge in [-0.1, -0.05) is 0 Å². The van der Waals surface area contributed by atoms with Gasteiger partial charge in [0, 0.05) is 33.3 Å². The van der Waals surface area contributed by atoms with E-state index in [0.29, 0.717) is 25.5 Å². The number of nitrogens with zero attached hydrogens (tertiary/aromatic N) is 3. The molecule has 0 bridgehead atoms. The molecule has 1 heterocycles. The number of likely N-dealkylation sites (N-methyl/N-ethyl adjacent to an activating group) is 1. The van der Waals surface area contributed by atoms with Crippen LogP contribution in [0.4, 0.5) is 11.6 Å². The zero-order valence-corrected chi connectivity index (χ0v) is 10.6. The molecule has 0 aliphatic carbocycles. The quantitative estimate of drug-likeness (QED) is 0.667. The van der Waals surface area contributed by atoms with E-state index >= 15 is 0 Å². The van der Waals surface area contributed by atoms with E-state index < -0.39 is 0 Å². The first kappa shape index (κ1) is 13.7. The Labute approximate surface area is 102 Å². The molecule has 0 saturated heterocycles. The van der Waals surface area contributed by atoms with E-state index in [1.807, 2.05) is 24.9 Å². The number of aliphatic hydroxyl groups is 1. The Morgan fingerprint density at radius 3 is 2.88 bits per heavy atom. The van der Waals surface area contributed by atoms with Crippen LogP contribution < -0.4 is 10.2 Å². The summed E-state index contributed by atoms with van der Waals surface area (Å²) >= 11 is 0. The number of hydrogen-bond donors (Lipinski definition) is 2. The Balaban J connectivity index is 2.71. The summed E-state index contributed by atoms with van der Waals surface area (Å²) in [6.45, 7) is 3.83. The van der Waals surface area contributed by atoms with Crippen molar-refractivity contribution in [2.45, 2.75) is 6.92 Å². The van der Waals surface area contributed by atoms with E-state index in [-0.39, 0.29) is 6.61 Å². The number of anilines is 2. The van der Waals surface area contributed by atoms with Gasteiger partial charge in [-0.25, -0.2) is 9.97 Å². The van der Waals surface area contributed by atoms with E-state index in [0.717, 1.165) is 11.6 Å². The first-order chi connectivity index (χ1) is 8.17. The van der Waals surface area contributed by atoms with Gasteiger partial charge in [-0.3, -0.25) is 0 Å². The third kappa shape index (κ3) is 4.54. The second kappa shape index (κ2) is 7.03. The minimum Gasteiger partial charge on any atom is -0.395 e. The molecule has 0 unspecified atom stereocenters. The molecule has 0 aliphatic heterocycles. The molecule has 0 aromatic carbocycles. The summed E-state index contributed by atoms with van der Waals surface area (Å²) in [7, 11) is 3.55. The fraction of sp³-hybridized carbons (Fsp3) is 0.636. The Morgan fingerprint density at radius 2 is 2.24 bits per heavy atom. The number of nitrogens with one attached hydrogen (secondary N) is 1. The molecule has 0 fully saturated rings.